The van der Waals surface area contributed by atoms with Gasteiger partial charge in [0.2, 0.25) is 12.4 Å². The number of nitrogens with one attached hydrogen (secondary N) is 1. The van der Waals surface area contributed by atoms with E-state index in [4.69, 9.17) is 16.4 Å². The summed E-state index contributed by atoms with van der Waals surface area (Å²) < 4.78 is 1.06. The standard InChI is InChI=1S/C8H6ClN5O3/c1-4(16)17-14-2-10-7-5(14)6(9)12-8(13-7)11-3-15/h2-3H,1H3,(H,11,12,13,15). The normalized spacial score (nSPS) is 10.2. The molecule has 2 rings (SSSR count). The third kappa shape index (κ3) is 2.16. The second-order valence-corrected chi connectivity index (χ2v) is 3.28. The van der Waals surface area contributed by atoms with Gasteiger partial charge in [-0.2, -0.15) is 14.7 Å². The molecule has 0 saturated heterocycles. The molecule has 0 saturated carbocycles. The summed E-state index contributed by atoms with van der Waals surface area (Å²) >= 11 is 5.87. The van der Waals surface area contributed by atoms with Gasteiger partial charge in [-0.15, -0.1) is 0 Å². The summed E-state index contributed by atoms with van der Waals surface area (Å²) in [5.74, 6) is -0.513. The number of amides is 1. The van der Waals surface area contributed by atoms with Gasteiger partial charge < -0.3 is 4.84 Å². The quantitative estimate of drug-likeness (QED) is 0.613. The Hall–Kier alpha value is -2.22. The highest BCUT2D eigenvalue weighted by molar-refractivity contribution is 6.33. The number of aromatic nitrogens is 4. The lowest BCUT2D eigenvalue weighted by Gasteiger charge is -2.03. The van der Waals surface area contributed by atoms with Crippen molar-refractivity contribution in [3.63, 3.8) is 0 Å². The number of fused-ring (bicyclic) bond motifs is 1. The molecular formula is C8H6ClN5O3. The number of rotatable bonds is 3. The van der Waals surface area contributed by atoms with Crippen LogP contribution in [0.25, 0.3) is 11.2 Å². The smallest absolute Gasteiger partial charge is 0.329 e. The summed E-state index contributed by atoms with van der Waals surface area (Å²) in [6.45, 7) is 1.24. The van der Waals surface area contributed by atoms with Crippen LogP contribution in [0.5, 0.6) is 0 Å². The minimum atomic E-state index is -0.532. The summed E-state index contributed by atoms with van der Waals surface area (Å²) in [6.07, 6.45) is 1.65. The van der Waals surface area contributed by atoms with E-state index in [1.165, 1.54) is 13.3 Å². The van der Waals surface area contributed by atoms with E-state index in [1.807, 2.05) is 0 Å². The maximum atomic E-state index is 10.8. The van der Waals surface area contributed by atoms with E-state index < -0.39 is 5.97 Å². The summed E-state index contributed by atoms with van der Waals surface area (Å²) in [4.78, 5) is 37.4. The number of carbonyl (C=O) groups is 2. The van der Waals surface area contributed by atoms with Crippen molar-refractivity contribution in [1.29, 1.82) is 0 Å². The molecule has 2 aromatic rings. The molecule has 0 unspecified atom stereocenters. The van der Waals surface area contributed by atoms with Crippen LogP contribution < -0.4 is 10.2 Å². The van der Waals surface area contributed by atoms with Crippen LogP contribution >= 0.6 is 11.6 Å². The van der Waals surface area contributed by atoms with Crippen LogP contribution in [0, 0.1) is 0 Å². The molecule has 0 aliphatic heterocycles. The van der Waals surface area contributed by atoms with Crippen molar-refractivity contribution in [2.45, 2.75) is 6.92 Å². The van der Waals surface area contributed by atoms with E-state index in [9.17, 15) is 9.59 Å². The molecule has 2 heterocycles. The van der Waals surface area contributed by atoms with Gasteiger partial charge in [0.1, 0.15) is 6.33 Å². The topological polar surface area (TPSA) is 99.0 Å². The SMILES string of the molecule is CC(=O)On1cnc2nc(NC=O)nc(Cl)c21. The molecular weight excluding hydrogens is 250 g/mol. The van der Waals surface area contributed by atoms with Crippen LogP contribution in [0.4, 0.5) is 5.95 Å². The number of hydrogen-bond acceptors (Lipinski definition) is 6. The lowest BCUT2D eigenvalue weighted by atomic mass is 10.5. The van der Waals surface area contributed by atoms with Gasteiger partial charge in [-0.05, 0) is 0 Å². The van der Waals surface area contributed by atoms with Crippen LogP contribution in [0.2, 0.25) is 5.15 Å². The first-order valence-corrected chi connectivity index (χ1v) is 4.79. The fourth-order valence-corrected chi connectivity index (χ4v) is 1.43. The van der Waals surface area contributed by atoms with Crippen molar-refractivity contribution in [1.82, 2.24) is 19.7 Å². The summed E-state index contributed by atoms with van der Waals surface area (Å²) in [5.41, 5.74) is 0.453. The van der Waals surface area contributed by atoms with Gasteiger partial charge in [0.05, 0.1) is 0 Å². The molecule has 17 heavy (non-hydrogen) atoms. The molecule has 8 nitrogen and oxygen atoms in total. The predicted molar refractivity (Wildman–Crippen MR) is 57.3 cm³/mol. The van der Waals surface area contributed by atoms with Gasteiger partial charge in [0.15, 0.2) is 16.3 Å². The van der Waals surface area contributed by atoms with Crippen molar-refractivity contribution in [2.75, 3.05) is 5.32 Å². The number of nitrogens with zero attached hydrogens (tertiary/aromatic N) is 4. The Bertz CT molecular complexity index is 596. The molecule has 0 aliphatic rings. The van der Waals surface area contributed by atoms with Crippen molar-refractivity contribution in [3.05, 3.63) is 11.5 Å². The van der Waals surface area contributed by atoms with Crippen LogP contribution in [0.15, 0.2) is 6.33 Å². The molecule has 0 aliphatic carbocycles. The fraction of sp³-hybridized carbons (Fsp3) is 0.125. The molecule has 0 spiro atoms. The largest absolute Gasteiger partial charge is 0.335 e. The first kappa shape index (κ1) is 11.3. The summed E-state index contributed by atoms with van der Waals surface area (Å²) in [6, 6.07) is 0. The first-order chi connectivity index (χ1) is 8.11. The zero-order valence-corrected chi connectivity index (χ0v) is 9.30. The minimum absolute atomic E-state index is 0.0121. The van der Waals surface area contributed by atoms with E-state index in [0.717, 1.165) is 4.73 Å². The Balaban J connectivity index is 2.54. The van der Waals surface area contributed by atoms with E-state index >= 15 is 0 Å². The number of anilines is 1. The maximum absolute atomic E-state index is 10.8. The van der Waals surface area contributed by atoms with Gasteiger partial charge in [-0.1, -0.05) is 11.6 Å². The van der Waals surface area contributed by atoms with Crippen molar-refractivity contribution < 1.29 is 14.4 Å². The van der Waals surface area contributed by atoms with Crippen molar-refractivity contribution in [3.8, 4) is 0 Å². The van der Waals surface area contributed by atoms with Crippen molar-refractivity contribution in [2.24, 2.45) is 0 Å². The molecule has 1 amide bonds. The Morgan fingerprint density at radius 3 is 3.00 bits per heavy atom. The third-order valence-electron chi connectivity index (χ3n) is 1.74. The molecule has 0 aromatic carbocycles. The van der Waals surface area contributed by atoms with E-state index in [1.54, 1.807) is 0 Å². The van der Waals surface area contributed by atoms with E-state index in [0.29, 0.717) is 6.41 Å². The molecule has 0 bridgehead atoms. The minimum Gasteiger partial charge on any atom is -0.335 e. The molecule has 9 heteroatoms. The van der Waals surface area contributed by atoms with Gasteiger partial charge in [-0.3, -0.25) is 10.1 Å². The average Bonchev–Trinajstić information content (AvgIpc) is 2.61. The van der Waals surface area contributed by atoms with Crippen LogP contribution in [0.1, 0.15) is 6.92 Å². The van der Waals surface area contributed by atoms with Gasteiger partial charge >= 0.3 is 5.97 Å². The molecule has 0 radical (unpaired) electrons. The lowest BCUT2D eigenvalue weighted by molar-refractivity contribution is -0.141. The molecule has 2 aromatic heterocycles. The molecule has 1 N–H and O–H groups in total. The Labute approximate surface area is 99.5 Å². The van der Waals surface area contributed by atoms with Crippen LogP contribution in [-0.4, -0.2) is 32.1 Å². The predicted octanol–water partition coefficient (Wildman–Crippen LogP) is 0.0231. The Morgan fingerprint density at radius 2 is 2.35 bits per heavy atom. The summed E-state index contributed by atoms with van der Waals surface area (Å²) in [5, 5.41) is 2.26. The number of imidazole rings is 1. The van der Waals surface area contributed by atoms with Crippen molar-refractivity contribution >= 4 is 41.1 Å². The second-order valence-electron chi connectivity index (χ2n) is 2.93. The second kappa shape index (κ2) is 4.34. The van der Waals surface area contributed by atoms with E-state index in [2.05, 4.69) is 20.3 Å². The first-order valence-electron chi connectivity index (χ1n) is 4.41. The molecule has 88 valence electrons. The molecule has 0 fully saturated rings. The highest BCUT2D eigenvalue weighted by Gasteiger charge is 2.13. The lowest BCUT2D eigenvalue weighted by Crippen LogP contribution is -2.15. The van der Waals surface area contributed by atoms with Crippen LogP contribution in [-0.2, 0) is 9.59 Å². The molecule has 0 atom stereocenters. The highest BCUT2D eigenvalue weighted by atomic mass is 35.5. The van der Waals surface area contributed by atoms with Gasteiger partial charge in [0.25, 0.3) is 0 Å². The summed E-state index contributed by atoms with van der Waals surface area (Å²) in [7, 11) is 0. The zero-order chi connectivity index (χ0) is 12.4. The average molecular weight is 256 g/mol. The number of hydrogen-bond donors (Lipinski definition) is 1. The fourth-order valence-electron chi connectivity index (χ4n) is 1.19. The zero-order valence-electron chi connectivity index (χ0n) is 8.55. The van der Waals surface area contributed by atoms with Gasteiger partial charge in [0, 0.05) is 6.92 Å². The third-order valence-corrected chi connectivity index (χ3v) is 2.01. The monoisotopic (exact) mass is 255 g/mol. The Morgan fingerprint density at radius 1 is 1.59 bits per heavy atom. The number of carbonyl (C=O) groups excluding carboxylic acids is 2. The highest BCUT2D eigenvalue weighted by Crippen LogP contribution is 2.20. The van der Waals surface area contributed by atoms with Crippen LogP contribution in [0.3, 0.4) is 0 Å². The number of halogens is 1. The van der Waals surface area contributed by atoms with Gasteiger partial charge in [-0.25, -0.2) is 9.78 Å². The maximum Gasteiger partial charge on any atom is 0.329 e. The van der Waals surface area contributed by atoms with E-state index in [-0.39, 0.29) is 22.3 Å². The Kier molecular flexibility index (Phi) is 2.88.